The molecule has 0 radical (unpaired) electrons. The van der Waals surface area contributed by atoms with E-state index in [0.29, 0.717) is 6.04 Å². The van der Waals surface area contributed by atoms with Crippen molar-refractivity contribution in [2.24, 2.45) is 0 Å². The maximum Gasteiger partial charge on any atom is 0.0486 e. The highest BCUT2D eigenvalue weighted by Crippen LogP contribution is 2.36. The summed E-state index contributed by atoms with van der Waals surface area (Å²) in [6, 6.07) is 21.5. The Balaban J connectivity index is 1.48. The minimum atomic E-state index is 0.649. The van der Waals surface area contributed by atoms with Crippen LogP contribution in [0.4, 0.5) is 0 Å². The summed E-state index contributed by atoms with van der Waals surface area (Å²) in [5.74, 6) is 0. The van der Waals surface area contributed by atoms with E-state index in [1.54, 1.807) is 11.3 Å². The molecule has 0 N–H and O–H groups in total. The quantitative estimate of drug-likeness (QED) is 0.548. The number of benzene rings is 2. The summed E-state index contributed by atoms with van der Waals surface area (Å²) in [7, 11) is 0. The van der Waals surface area contributed by atoms with Crippen LogP contribution < -0.4 is 0 Å². The second-order valence-corrected chi connectivity index (χ2v) is 8.85. The van der Waals surface area contributed by atoms with E-state index in [-0.39, 0.29) is 0 Å². The molecule has 3 aromatic rings. The van der Waals surface area contributed by atoms with Crippen LogP contribution in [0.25, 0.3) is 10.9 Å². The lowest BCUT2D eigenvalue weighted by atomic mass is 9.90. The minimum absolute atomic E-state index is 0.649. The fourth-order valence-corrected chi connectivity index (χ4v) is 5.62. The first-order valence-corrected chi connectivity index (χ1v) is 11.2. The van der Waals surface area contributed by atoms with Gasteiger partial charge in [-0.05, 0) is 43.4 Å². The number of hydrogen-bond acceptors (Lipinski definition) is 1. The summed E-state index contributed by atoms with van der Waals surface area (Å²) in [4.78, 5) is 2.83. The second kappa shape index (κ2) is 7.75. The highest BCUT2D eigenvalue weighted by atomic mass is 15.2. The van der Waals surface area contributed by atoms with Gasteiger partial charge in [0.2, 0.25) is 0 Å². The second-order valence-electron chi connectivity index (χ2n) is 8.85. The molecule has 1 atom stereocenters. The SMILES string of the molecule is CC1Cc2c(c3ccccc3n2CCc2ccccc2)CN1C1CCCCC1. The predicted octanol–water partition coefficient (Wildman–Crippen LogP) is 5.96. The van der Waals surface area contributed by atoms with Crippen molar-refractivity contribution in [2.75, 3.05) is 0 Å². The monoisotopic (exact) mass is 372 g/mol. The molecule has 0 amide bonds. The molecule has 1 unspecified atom stereocenters. The van der Waals surface area contributed by atoms with Crippen LogP contribution in [0.5, 0.6) is 0 Å². The molecule has 1 aliphatic heterocycles. The number of para-hydroxylation sites is 1. The van der Waals surface area contributed by atoms with E-state index in [0.717, 1.165) is 25.6 Å². The van der Waals surface area contributed by atoms with Gasteiger partial charge in [-0.1, -0.05) is 67.8 Å². The van der Waals surface area contributed by atoms with Crippen molar-refractivity contribution in [1.82, 2.24) is 9.47 Å². The van der Waals surface area contributed by atoms with E-state index in [1.807, 2.05) is 0 Å². The van der Waals surface area contributed by atoms with Gasteiger partial charge < -0.3 is 4.57 Å². The standard InChI is InChI=1S/C26H32N2/c1-20-18-26-24(19-28(20)22-12-6-3-7-13-22)23-14-8-9-15-25(23)27(26)17-16-21-10-4-2-5-11-21/h2,4-5,8-11,14-15,20,22H,3,6-7,12-13,16-19H2,1H3. The average molecular weight is 373 g/mol. The van der Waals surface area contributed by atoms with Crippen LogP contribution in [0, 0.1) is 0 Å². The summed E-state index contributed by atoms with van der Waals surface area (Å²) < 4.78 is 2.63. The van der Waals surface area contributed by atoms with Crippen molar-refractivity contribution in [3.63, 3.8) is 0 Å². The Morgan fingerprint density at radius 3 is 2.46 bits per heavy atom. The van der Waals surface area contributed by atoms with Gasteiger partial charge in [0.05, 0.1) is 0 Å². The minimum Gasteiger partial charge on any atom is -0.344 e. The average Bonchev–Trinajstić information content (AvgIpc) is 3.05. The van der Waals surface area contributed by atoms with Gasteiger partial charge in [-0.15, -0.1) is 0 Å². The molecule has 2 heterocycles. The van der Waals surface area contributed by atoms with Crippen molar-refractivity contribution in [3.05, 3.63) is 71.4 Å². The van der Waals surface area contributed by atoms with Crippen molar-refractivity contribution in [1.29, 1.82) is 0 Å². The Labute approximate surface area is 169 Å². The summed E-state index contributed by atoms with van der Waals surface area (Å²) in [6.45, 7) is 4.67. The maximum absolute atomic E-state index is 2.83. The third-order valence-corrected chi connectivity index (χ3v) is 7.10. The molecular weight excluding hydrogens is 340 g/mol. The van der Waals surface area contributed by atoms with E-state index in [2.05, 4.69) is 71.0 Å². The number of nitrogens with zero attached hydrogens (tertiary/aromatic N) is 2. The molecule has 2 aliphatic rings. The van der Waals surface area contributed by atoms with Crippen LogP contribution in [-0.4, -0.2) is 21.6 Å². The lowest BCUT2D eigenvalue weighted by molar-refractivity contribution is 0.0930. The molecule has 5 rings (SSSR count). The van der Waals surface area contributed by atoms with Gasteiger partial charge in [-0.25, -0.2) is 0 Å². The zero-order chi connectivity index (χ0) is 18.9. The topological polar surface area (TPSA) is 8.17 Å². The first kappa shape index (κ1) is 18.0. The number of hydrogen-bond donors (Lipinski definition) is 0. The molecule has 0 spiro atoms. The van der Waals surface area contributed by atoms with E-state index in [1.165, 1.54) is 55.0 Å². The molecule has 2 heteroatoms. The van der Waals surface area contributed by atoms with Gasteiger partial charge in [0.25, 0.3) is 0 Å². The van der Waals surface area contributed by atoms with Gasteiger partial charge in [0.1, 0.15) is 0 Å². The van der Waals surface area contributed by atoms with E-state index >= 15 is 0 Å². The van der Waals surface area contributed by atoms with Gasteiger partial charge in [-0.3, -0.25) is 4.90 Å². The summed E-state index contributed by atoms with van der Waals surface area (Å²) >= 11 is 0. The van der Waals surface area contributed by atoms with Crippen LogP contribution >= 0.6 is 0 Å². The fourth-order valence-electron chi connectivity index (χ4n) is 5.62. The third-order valence-electron chi connectivity index (χ3n) is 7.10. The van der Waals surface area contributed by atoms with Gasteiger partial charge in [0.15, 0.2) is 0 Å². The van der Waals surface area contributed by atoms with Crippen LogP contribution in [0.2, 0.25) is 0 Å². The highest BCUT2D eigenvalue weighted by Gasteiger charge is 2.32. The lowest BCUT2D eigenvalue weighted by Crippen LogP contribution is -2.46. The van der Waals surface area contributed by atoms with Crippen molar-refractivity contribution >= 4 is 10.9 Å². The number of aryl methyl sites for hydroxylation is 2. The fraction of sp³-hybridized carbons (Fsp3) is 0.462. The molecule has 28 heavy (non-hydrogen) atoms. The first-order valence-electron chi connectivity index (χ1n) is 11.2. The largest absolute Gasteiger partial charge is 0.344 e. The molecule has 2 nitrogen and oxygen atoms in total. The molecular formula is C26H32N2. The van der Waals surface area contributed by atoms with Crippen molar-refractivity contribution < 1.29 is 0 Å². The molecule has 1 aliphatic carbocycles. The van der Waals surface area contributed by atoms with E-state index < -0.39 is 0 Å². The Bertz CT molecular complexity index is 934. The van der Waals surface area contributed by atoms with Crippen molar-refractivity contribution in [2.45, 2.75) is 77.0 Å². The molecule has 2 aromatic carbocycles. The predicted molar refractivity (Wildman–Crippen MR) is 118 cm³/mol. The Kier molecular flexibility index (Phi) is 4.98. The zero-order valence-corrected chi connectivity index (χ0v) is 17.1. The summed E-state index contributed by atoms with van der Waals surface area (Å²) in [5.41, 5.74) is 6.06. The van der Waals surface area contributed by atoms with Crippen LogP contribution in [0.15, 0.2) is 54.6 Å². The Hall–Kier alpha value is -2.06. The Morgan fingerprint density at radius 2 is 1.64 bits per heavy atom. The first-order chi connectivity index (χ1) is 13.8. The van der Waals surface area contributed by atoms with Crippen LogP contribution in [-0.2, 0) is 25.9 Å². The molecule has 146 valence electrons. The molecule has 0 bridgehead atoms. The van der Waals surface area contributed by atoms with Gasteiger partial charge in [0, 0.05) is 48.2 Å². The molecule has 1 saturated carbocycles. The third kappa shape index (κ3) is 3.28. The van der Waals surface area contributed by atoms with Crippen LogP contribution in [0.3, 0.4) is 0 Å². The van der Waals surface area contributed by atoms with E-state index in [9.17, 15) is 0 Å². The summed E-state index contributed by atoms with van der Waals surface area (Å²) in [5, 5.41) is 1.48. The van der Waals surface area contributed by atoms with E-state index in [4.69, 9.17) is 0 Å². The van der Waals surface area contributed by atoms with Gasteiger partial charge in [-0.2, -0.15) is 0 Å². The van der Waals surface area contributed by atoms with Crippen LogP contribution in [0.1, 0.15) is 55.8 Å². The van der Waals surface area contributed by atoms with Crippen molar-refractivity contribution in [3.8, 4) is 0 Å². The smallest absolute Gasteiger partial charge is 0.0486 e. The zero-order valence-electron chi connectivity index (χ0n) is 17.1. The molecule has 0 saturated heterocycles. The number of rotatable bonds is 4. The highest BCUT2D eigenvalue weighted by molar-refractivity contribution is 5.85. The molecule has 1 fully saturated rings. The summed E-state index contributed by atoms with van der Waals surface area (Å²) in [6.07, 6.45) is 9.35. The number of aromatic nitrogens is 1. The normalized spacial score (nSPS) is 21.1. The molecule has 1 aromatic heterocycles. The lowest BCUT2D eigenvalue weighted by Gasteiger charge is -2.41. The Morgan fingerprint density at radius 1 is 0.893 bits per heavy atom. The number of fused-ring (bicyclic) bond motifs is 3. The maximum atomic E-state index is 2.83. The van der Waals surface area contributed by atoms with Gasteiger partial charge >= 0.3 is 0 Å².